The highest BCUT2D eigenvalue weighted by Crippen LogP contribution is 2.35. The summed E-state index contributed by atoms with van der Waals surface area (Å²) in [4.78, 5) is 23.2. The number of nitrogens with one attached hydrogen (secondary N) is 1. The van der Waals surface area contributed by atoms with Crippen molar-refractivity contribution in [2.45, 2.75) is 35.3 Å². The van der Waals surface area contributed by atoms with Gasteiger partial charge in [-0.3, -0.25) is 15.0 Å². The second kappa shape index (κ2) is 5.16. The van der Waals surface area contributed by atoms with E-state index in [2.05, 4.69) is 15.9 Å². The van der Waals surface area contributed by atoms with Crippen LogP contribution in [0.25, 0.3) is 0 Å². The van der Waals surface area contributed by atoms with Crippen molar-refractivity contribution in [1.82, 2.24) is 10.2 Å². The summed E-state index contributed by atoms with van der Waals surface area (Å²) in [5.41, 5.74) is 0. The molecule has 3 unspecified atom stereocenters. The fraction of sp³-hybridized carbons (Fsp3) is 0.778. The smallest absolute Gasteiger partial charge is 0.328 e. The monoisotopic (exact) mass is 358 g/mol. The quantitative estimate of drug-likeness (QED) is 0.340. The molecule has 0 aromatic carbocycles. The van der Waals surface area contributed by atoms with Crippen LogP contribution in [0, 0.1) is 0 Å². The van der Waals surface area contributed by atoms with Gasteiger partial charge < -0.3 is 25.2 Å². The van der Waals surface area contributed by atoms with Crippen molar-refractivity contribution in [1.29, 1.82) is 0 Å². The third-order valence-electron chi connectivity index (χ3n) is 3.14. The lowest BCUT2D eigenvalue weighted by Gasteiger charge is -2.41. The molecule has 0 aliphatic carbocycles. The van der Waals surface area contributed by atoms with Crippen LogP contribution in [0.15, 0.2) is 0 Å². The van der Waals surface area contributed by atoms with E-state index in [0.717, 1.165) is 0 Å². The van der Waals surface area contributed by atoms with Crippen molar-refractivity contribution in [2.24, 2.45) is 0 Å². The second-order valence-electron chi connectivity index (χ2n) is 4.39. The normalized spacial score (nSPS) is 45.7. The number of ether oxygens (including phenoxy) is 1. The molecule has 0 bridgehead atoms. The lowest BCUT2D eigenvalue weighted by atomic mass is 10.1. The third kappa shape index (κ3) is 2.19. The van der Waals surface area contributed by atoms with Gasteiger partial charge in [0.15, 0.2) is 12.5 Å². The van der Waals surface area contributed by atoms with Gasteiger partial charge in [0, 0.05) is 0 Å². The molecule has 0 aromatic heterocycles. The molecule has 2 fully saturated rings. The number of aliphatic hydroxyl groups is 4. The maximum absolute atomic E-state index is 13.9. The molecule has 2 rings (SSSR count). The Kier molecular flexibility index (Phi) is 4.01. The first-order valence-electron chi connectivity index (χ1n) is 5.54. The first-order chi connectivity index (χ1) is 9.21. The molecule has 0 saturated carbocycles. The standard InChI is InChI=1S/C9H12BrFN2O7/c10-9(11)6(17)12-8(19)13(7(9)18)5-4(16)3(15)2(1-14)20-5/h2-5,7,14-16,18H,1H2,(H,12,17,19)/t2-,3+,4?,5-,7?,9?/m1/s1. The molecule has 2 aliphatic heterocycles. The van der Waals surface area contributed by atoms with Crippen molar-refractivity contribution in [3.63, 3.8) is 0 Å². The Morgan fingerprint density at radius 3 is 2.45 bits per heavy atom. The van der Waals surface area contributed by atoms with E-state index < -0.39 is 53.9 Å². The van der Waals surface area contributed by atoms with Crippen molar-refractivity contribution < 1.29 is 39.1 Å². The number of rotatable bonds is 2. The van der Waals surface area contributed by atoms with Crippen LogP contribution >= 0.6 is 15.9 Å². The van der Waals surface area contributed by atoms with Crippen molar-refractivity contribution in [3.05, 3.63) is 0 Å². The number of hydrogen-bond donors (Lipinski definition) is 5. The van der Waals surface area contributed by atoms with E-state index in [-0.39, 0.29) is 0 Å². The number of nitrogens with zero attached hydrogens (tertiary/aromatic N) is 1. The Morgan fingerprint density at radius 1 is 1.35 bits per heavy atom. The Bertz CT molecular complexity index is 437. The summed E-state index contributed by atoms with van der Waals surface area (Å²) in [6.45, 7) is -0.658. The van der Waals surface area contributed by atoms with Crippen molar-refractivity contribution in [3.8, 4) is 0 Å². The number of alkyl halides is 2. The Labute approximate surface area is 120 Å². The zero-order chi connectivity index (χ0) is 15.2. The molecule has 3 amide bonds. The highest BCUT2D eigenvalue weighted by Gasteiger charge is 2.58. The molecular weight excluding hydrogens is 347 g/mol. The number of urea groups is 1. The molecule has 20 heavy (non-hydrogen) atoms. The van der Waals surface area contributed by atoms with Gasteiger partial charge in [-0.2, -0.15) is 0 Å². The fourth-order valence-electron chi connectivity index (χ4n) is 2.01. The number of carbonyl (C=O) groups is 2. The second-order valence-corrected chi connectivity index (χ2v) is 5.55. The number of halogens is 2. The third-order valence-corrected chi connectivity index (χ3v) is 3.91. The largest absolute Gasteiger partial charge is 0.394 e. The molecule has 0 radical (unpaired) electrons. The van der Waals surface area contributed by atoms with Gasteiger partial charge in [0.05, 0.1) is 6.61 Å². The number of carbonyl (C=O) groups excluding carboxylic acids is 2. The molecule has 11 heteroatoms. The molecule has 2 saturated heterocycles. The Hall–Kier alpha value is -0.850. The van der Waals surface area contributed by atoms with E-state index in [1.165, 1.54) is 0 Å². The average molecular weight is 359 g/mol. The minimum absolute atomic E-state index is 0.333. The van der Waals surface area contributed by atoms with Gasteiger partial charge in [-0.25, -0.2) is 9.18 Å². The van der Waals surface area contributed by atoms with Gasteiger partial charge in [-0.15, -0.1) is 0 Å². The molecule has 0 spiro atoms. The Balaban J connectivity index is 2.28. The van der Waals surface area contributed by atoms with Gasteiger partial charge in [0.25, 0.3) is 10.5 Å². The summed E-state index contributed by atoms with van der Waals surface area (Å²) in [5.74, 6) is -1.40. The van der Waals surface area contributed by atoms with E-state index in [1.54, 1.807) is 5.32 Å². The van der Waals surface area contributed by atoms with Gasteiger partial charge >= 0.3 is 6.03 Å². The molecule has 2 heterocycles. The molecule has 5 N–H and O–H groups in total. The van der Waals surface area contributed by atoms with Gasteiger partial charge in [0.2, 0.25) is 0 Å². The van der Waals surface area contributed by atoms with Crippen molar-refractivity contribution >= 4 is 27.9 Å². The molecule has 0 aromatic rings. The first kappa shape index (κ1) is 15.5. The van der Waals surface area contributed by atoms with Crippen LogP contribution in [-0.4, -0.2) is 79.2 Å². The van der Waals surface area contributed by atoms with E-state index in [9.17, 15) is 29.3 Å². The fourth-order valence-corrected chi connectivity index (χ4v) is 2.33. The predicted molar refractivity (Wildman–Crippen MR) is 61.9 cm³/mol. The lowest BCUT2D eigenvalue weighted by Crippen LogP contribution is -2.69. The maximum atomic E-state index is 13.9. The van der Waals surface area contributed by atoms with E-state index >= 15 is 0 Å². The van der Waals surface area contributed by atoms with Crippen LogP contribution in [0.5, 0.6) is 0 Å². The Morgan fingerprint density at radius 2 is 1.95 bits per heavy atom. The van der Waals surface area contributed by atoms with E-state index in [1.807, 2.05) is 0 Å². The van der Waals surface area contributed by atoms with Crippen LogP contribution in [0.1, 0.15) is 0 Å². The van der Waals surface area contributed by atoms with Gasteiger partial charge in [0.1, 0.15) is 18.3 Å². The summed E-state index contributed by atoms with van der Waals surface area (Å²) >= 11 is 2.33. The van der Waals surface area contributed by atoms with Crippen LogP contribution in [-0.2, 0) is 9.53 Å². The molecule has 2 aliphatic rings. The van der Waals surface area contributed by atoms with Crippen LogP contribution in [0.3, 0.4) is 0 Å². The minimum atomic E-state index is -2.99. The molecule has 114 valence electrons. The summed E-state index contributed by atoms with van der Waals surface area (Å²) in [5, 5.41) is 39.6. The zero-order valence-electron chi connectivity index (χ0n) is 9.81. The number of hydrogen-bond acceptors (Lipinski definition) is 7. The highest BCUT2D eigenvalue weighted by molar-refractivity contribution is 9.10. The molecule has 9 nitrogen and oxygen atoms in total. The highest BCUT2D eigenvalue weighted by atomic mass is 79.9. The molecular formula is C9H12BrFN2O7. The van der Waals surface area contributed by atoms with Gasteiger partial charge in [-0.1, -0.05) is 0 Å². The van der Waals surface area contributed by atoms with Crippen LogP contribution < -0.4 is 5.32 Å². The number of amides is 3. The average Bonchev–Trinajstić information content (AvgIpc) is 2.65. The van der Waals surface area contributed by atoms with Crippen LogP contribution in [0.2, 0.25) is 0 Å². The topological polar surface area (TPSA) is 140 Å². The first-order valence-corrected chi connectivity index (χ1v) is 6.33. The number of aliphatic hydroxyl groups excluding tert-OH is 4. The summed E-state index contributed by atoms with van der Waals surface area (Å²) < 4.78 is 16.0. The number of imide groups is 1. The van der Waals surface area contributed by atoms with E-state index in [0.29, 0.717) is 4.90 Å². The minimum Gasteiger partial charge on any atom is -0.394 e. The summed E-state index contributed by atoms with van der Waals surface area (Å²) in [6.07, 6.45) is -8.35. The zero-order valence-corrected chi connectivity index (χ0v) is 11.4. The van der Waals surface area contributed by atoms with Gasteiger partial charge in [-0.05, 0) is 15.9 Å². The summed E-state index contributed by atoms with van der Waals surface area (Å²) in [6, 6.07) is -1.20. The maximum Gasteiger partial charge on any atom is 0.328 e. The molecule has 6 atom stereocenters. The van der Waals surface area contributed by atoms with Crippen LogP contribution in [0.4, 0.5) is 9.18 Å². The summed E-state index contributed by atoms with van der Waals surface area (Å²) in [7, 11) is 0. The predicted octanol–water partition coefficient (Wildman–Crippen LogP) is -2.64. The SMILES string of the molecule is O=C1NC(=O)C(F)(Br)C(O)N1[C@@H]1O[C@H](CO)[C@H](O)C1O. The lowest BCUT2D eigenvalue weighted by molar-refractivity contribution is -0.171. The van der Waals surface area contributed by atoms with E-state index in [4.69, 9.17) is 9.84 Å². The van der Waals surface area contributed by atoms with Crippen molar-refractivity contribution in [2.75, 3.05) is 6.61 Å².